The van der Waals surface area contributed by atoms with E-state index in [-0.39, 0.29) is 51.4 Å². The Morgan fingerprint density at radius 2 is 1.25 bits per heavy atom. The van der Waals surface area contributed by atoms with Gasteiger partial charge < -0.3 is 25.8 Å². The number of quaternary nitrogens is 1. The fourth-order valence-corrected chi connectivity index (χ4v) is 0. The molecule has 0 aliphatic heterocycles. The molecular formula is H7KNO5P. The Morgan fingerprint density at radius 3 is 1.25 bits per heavy atom. The van der Waals surface area contributed by atoms with Crippen molar-refractivity contribution in [1.82, 2.24) is 0 Å². The van der Waals surface area contributed by atoms with Crippen molar-refractivity contribution in [3.8, 4) is 0 Å². The summed E-state index contributed by atoms with van der Waals surface area (Å²) in [4.78, 5) is 21.6. The van der Waals surface area contributed by atoms with Crippen LogP contribution in [0.2, 0.25) is 0 Å². The van der Waals surface area contributed by atoms with Gasteiger partial charge in [-0.15, -0.1) is 0 Å². The second kappa shape index (κ2) is 8.67. The van der Waals surface area contributed by atoms with Crippen LogP contribution in [-0.4, -0.2) is 66.1 Å². The van der Waals surface area contributed by atoms with Crippen molar-refractivity contribution < 1.29 is 25.1 Å². The van der Waals surface area contributed by atoms with E-state index < -0.39 is 7.82 Å². The second-order valence-corrected chi connectivity index (χ2v) is 1.54. The maximum Gasteiger partial charge on any atom is -0.397 e. The van der Waals surface area contributed by atoms with Crippen molar-refractivity contribution in [2.75, 3.05) is 0 Å². The van der Waals surface area contributed by atoms with Gasteiger partial charge in [0, 0.05) is 0 Å². The molecule has 0 unspecified atom stereocenters. The van der Waals surface area contributed by atoms with Gasteiger partial charge in [-0.1, -0.05) is 0 Å². The molecule has 0 heterocycles. The van der Waals surface area contributed by atoms with Gasteiger partial charge in [-0.3, -0.25) is 0 Å². The number of hydrogen-bond donors (Lipinski definition) is 4. The molecule has 8 heteroatoms. The zero-order chi connectivity index (χ0) is 6.50. The summed E-state index contributed by atoms with van der Waals surface area (Å²) in [6, 6.07) is 0. The summed E-state index contributed by atoms with van der Waals surface area (Å²) in [6.07, 6.45) is 0. The summed E-state index contributed by atoms with van der Waals surface area (Å²) in [5.41, 5.74) is 0. The van der Waals surface area contributed by atoms with E-state index in [9.17, 15) is 0 Å². The minimum Gasteiger partial charge on any atom is -0.637 e. The van der Waals surface area contributed by atoms with Gasteiger partial charge in [-0.05, 0) is 0 Å². The van der Waals surface area contributed by atoms with Crippen LogP contribution in [0.3, 0.4) is 0 Å². The largest absolute Gasteiger partial charge is 0.637 e. The van der Waals surface area contributed by atoms with Crippen LogP contribution in [0.4, 0.5) is 0 Å². The minimum absolute atomic E-state index is 0. The Labute approximate surface area is 88.3 Å². The molecule has 6 nitrogen and oxygen atoms in total. The molecule has 0 aliphatic carbocycles. The molecule has 48 valence electrons. The Balaban J connectivity index is -0.0000000750. The Kier molecular flexibility index (Phi) is 17.7. The quantitative estimate of drug-likeness (QED) is 0.177. The molecule has 0 bridgehead atoms. The molecule has 0 saturated carbocycles. The third-order valence-corrected chi connectivity index (χ3v) is 0. The van der Waals surface area contributed by atoms with Gasteiger partial charge in [-0.2, -0.15) is 0 Å². The normalized spacial score (nSPS) is 8.12. The zero-order valence-corrected chi connectivity index (χ0v) is 4.21. The van der Waals surface area contributed by atoms with E-state index in [0.717, 1.165) is 0 Å². The molecular weight excluding hydrogens is 164 g/mol. The molecule has 0 aromatic heterocycles. The first-order valence-electron chi connectivity index (χ1n) is 1.07. The van der Waals surface area contributed by atoms with Crippen molar-refractivity contribution in [2.45, 2.75) is 0 Å². The third kappa shape index (κ3) is 123. The predicted molar refractivity (Wildman–Crippen MR) is 27.7 cm³/mol. The smallest absolute Gasteiger partial charge is 0.397 e. The summed E-state index contributed by atoms with van der Waals surface area (Å²) in [7, 11) is -4.64. The second-order valence-electron chi connectivity index (χ2n) is 0.513. The van der Waals surface area contributed by atoms with E-state index in [4.69, 9.17) is 24.5 Å². The Morgan fingerprint density at radius 1 is 1.25 bits per heavy atom. The van der Waals surface area contributed by atoms with Crippen LogP contribution in [0.5, 0.6) is 0 Å². The van der Waals surface area contributed by atoms with Gasteiger partial charge in [0.2, 0.25) is 0 Å². The van der Waals surface area contributed by atoms with E-state index >= 15 is 0 Å². The number of phosphoric acid groups is 1. The summed E-state index contributed by atoms with van der Waals surface area (Å²) in [5, 5.41) is 8.00. The minimum atomic E-state index is -4.64. The summed E-state index contributed by atoms with van der Waals surface area (Å²) < 4.78 is 8.88. The van der Waals surface area contributed by atoms with Crippen molar-refractivity contribution in [3.63, 3.8) is 0 Å². The summed E-state index contributed by atoms with van der Waals surface area (Å²) >= 11 is 0. The summed E-state index contributed by atoms with van der Waals surface area (Å²) in [6.45, 7) is 0. The number of rotatable bonds is 0. The van der Waals surface area contributed by atoms with Crippen molar-refractivity contribution in [1.29, 1.82) is 0 Å². The Hall–Kier alpha value is 1.67. The predicted octanol–water partition coefficient (Wildman–Crippen LogP) is -2.85. The van der Waals surface area contributed by atoms with Gasteiger partial charge in [0.1, 0.15) is 0 Å². The third-order valence-electron chi connectivity index (χ3n) is 0. The topological polar surface area (TPSA) is 128 Å². The van der Waals surface area contributed by atoms with E-state index in [1.54, 1.807) is 0 Å². The molecule has 8 heavy (non-hydrogen) atoms. The fraction of sp³-hybridized carbons (Fsp3) is 0. The van der Waals surface area contributed by atoms with Crippen molar-refractivity contribution in [2.24, 2.45) is 0 Å². The molecule has 0 atom stereocenters. The SMILES string of the molecule is O=P(O)(O)O.[KH].[NH3+][O-]. The maximum absolute atomic E-state index is 8.88. The fourth-order valence-electron chi connectivity index (χ4n) is 0. The van der Waals surface area contributed by atoms with E-state index in [1.165, 1.54) is 0 Å². The molecule has 0 saturated heterocycles. The van der Waals surface area contributed by atoms with Crippen LogP contribution < -0.4 is 5.90 Å². The van der Waals surface area contributed by atoms with Crippen LogP contribution in [-0.2, 0) is 4.57 Å². The van der Waals surface area contributed by atoms with Gasteiger partial charge >= 0.3 is 59.2 Å². The van der Waals surface area contributed by atoms with Gasteiger partial charge in [-0.25, -0.2) is 4.57 Å². The van der Waals surface area contributed by atoms with E-state index in [2.05, 4.69) is 0 Å². The summed E-state index contributed by atoms with van der Waals surface area (Å²) in [5.74, 6) is 2.00. The van der Waals surface area contributed by atoms with Gasteiger partial charge in [0.15, 0.2) is 0 Å². The van der Waals surface area contributed by atoms with Crippen molar-refractivity contribution in [3.05, 3.63) is 5.21 Å². The van der Waals surface area contributed by atoms with Crippen LogP contribution in [0.25, 0.3) is 0 Å². The molecule has 0 aromatic rings. The molecule has 0 spiro atoms. The average molecular weight is 171 g/mol. The first-order valence-corrected chi connectivity index (χ1v) is 2.64. The van der Waals surface area contributed by atoms with Gasteiger partial charge in [0.05, 0.1) is 0 Å². The van der Waals surface area contributed by atoms with Crippen LogP contribution >= 0.6 is 7.82 Å². The molecule has 6 N–H and O–H groups in total. The molecule has 0 aliphatic rings. The van der Waals surface area contributed by atoms with Crippen LogP contribution in [0.1, 0.15) is 0 Å². The first kappa shape index (κ1) is 16.3. The first-order chi connectivity index (χ1) is 3.00. The molecule has 0 rings (SSSR count). The van der Waals surface area contributed by atoms with E-state index in [1.807, 2.05) is 5.90 Å². The molecule has 0 radical (unpaired) electrons. The average Bonchev–Trinajstić information content (AvgIpc) is 1.36. The van der Waals surface area contributed by atoms with Crippen molar-refractivity contribution >= 4 is 59.2 Å². The standard InChI is InChI=1S/K.H3NO.H3O4P.H/c;1-2;1-5(2,3)4;/h;1H3;(H3,1,2,3,4);. The van der Waals surface area contributed by atoms with Crippen LogP contribution in [0.15, 0.2) is 0 Å². The molecule has 0 amide bonds. The van der Waals surface area contributed by atoms with E-state index in [0.29, 0.717) is 0 Å². The maximum atomic E-state index is 8.88. The van der Waals surface area contributed by atoms with Crippen LogP contribution in [0, 0.1) is 5.21 Å². The monoisotopic (exact) mass is 171 g/mol. The van der Waals surface area contributed by atoms with Gasteiger partial charge in [0.25, 0.3) is 0 Å². The zero-order valence-electron chi connectivity index (χ0n) is 3.31. The molecule has 0 fully saturated rings. The molecule has 0 aromatic carbocycles. The number of hydrogen-bond acceptors (Lipinski definition) is 2. The Bertz CT molecular complexity index is 58.6.